The summed E-state index contributed by atoms with van der Waals surface area (Å²) < 4.78 is 0. The van der Waals surface area contributed by atoms with E-state index in [1.54, 1.807) is 24.4 Å². The Morgan fingerprint density at radius 1 is 0.962 bits per heavy atom. The van der Waals surface area contributed by atoms with Gasteiger partial charge in [-0.3, -0.25) is 4.79 Å². The lowest BCUT2D eigenvalue weighted by Crippen LogP contribution is -2.31. The van der Waals surface area contributed by atoms with E-state index in [-0.39, 0.29) is 18.2 Å². The largest absolute Gasteiger partial charge is 0.507 e. The van der Waals surface area contributed by atoms with Crippen molar-refractivity contribution in [3.8, 4) is 0 Å². The van der Waals surface area contributed by atoms with Crippen LogP contribution >= 0.6 is 0 Å². The van der Waals surface area contributed by atoms with Gasteiger partial charge in [-0.15, -0.1) is 0 Å². The Bertz CT molecular complexity index is 969. The van der Waals surface area contributed by atoms with E-state index in [0.717, 1.165) is 11.4 Å². The molecule has 4 rings (SSSR count). The van der Waals surface area contributed by atoms with Crippen LogP contribution < -0.4 is 10.2 Å². The zero-order valence-corrected chi connectivity index (χ0v) is 14.0. The van der Waals surface area contributed by atoms with Crippen molar-refractivity contribution in [2.75, 3.05) is 16.8 Å². The molecule has 5 heteroatoms. The first-order chi connectivity index (χ1) is 12.7. The number of aliphatic hydroxyl groups excluding tert-OH is 1. The van der Waals surface area contributed by atoms with Gasteiger partial charge in [0.25, 0.3) is 5.91 Å². The van der Waals surface area contributed by atoms with Crippen molar-refractivity contribution in [1.82, 2.24) is 4.98 Å². The van der Waals surface area contributed by atoms with Crippen LogP contribution in [0.15, 0.2) is 84.6 Å². The molecule has 0 spiro atoms. The van der Waals surface area contributed by atoms with E-state index >= 15 is 0 Å². The summed E-state index contributed by atoms with van der Waals surface area (Å²) in [4.78, 5) is 18.9. The number of aromatic nitrogens is 1. The lowest BCUT2D eigenvalue weighted by Gasteiger charge is -2.32. The molecule has 1 aliphatic rings. The number of fused-ring (bicyclic) bond motifs is 1. The molecule has 2 heterocycles. The Kier molecular flexibility index (Phi) is 4.11. The highest BCUT2D eigenvalue weighted by atomic mass is 16.3. The molecule has 0 aliphatic carbocycles. The van der Waals surface area contributed by atoms with Gasteiger partial charge in [0.1, 0.15) is 11.6 Å². The minimum Gasteiger partial charge on any atom is -0.507 e. The molecule has 5 nitrogen and oxygen atoms in total. The first kappa shape index (κ1) is 15.9. The van der Waals surface area contributed by atoms with E-state index in [9.17, 15) is 9.90 Å². The second-order valence-electron chi connectivity index (χ2n) is 5.94. The average molecular weight is 343 g/mol. The van der Waals surface area contributed by atoms with Gasteiger partial charge in [0.2, 0.25) is 0 Å². The van der Waals surface area contributed by atoms with Crippen molar-refractivity contribution >= 4 is 28.9 Å². The lowest BCUT2D eigenvalue weighted by atomic mass is 9.99. The normalized spacial score (nSPS) is 13.3. The standard InChI is InChI=1S/C21H17N3O2/c25-20-16-10-4-5-11-18(16)24(15-8-2-1-3-9-15)14-17(20)21(26)23-19-12-6-7-13-22-19/h1-13,25H,14H2,(H,22,23,26). The molecule has 2 aromatic carbocycles. The van der Waals surface area contributed by atoms with Gasteiger partial charge in [-0.1, -0.05) is 36.4 Å². The van der Waals surface area contributed by atoms with Gasteiger partial charge in [0, 0.05) is 17.4 Å². The predicted octanol–water partition coefficient (Wildman–Crippen LogP) is 4.14. The SMILES string of the molecule is O=C(Nc1ccccn1)C1=C(O)c2ccccc2N(c2ccccc2)C1. The fourth-order valence-corrected chi connectivity index (χ4v) is 3.04. The average Bonchev–Trinajstić information content (AvgIpc) is 2.70. The molecule has 26 heavy (non-hydrogen) atoms. The number of hydrogen-bond donors (Lipinski definition) is 2. The van der Waals surface area contributed by atoms with Crippen LogP contribution in [0.5, 0.6) is 0 Å². The Balaban J connectivity index is 1.74. The maximum Gasteiger partial charge on any atom is 0.258 e. The van der Waals surface area contributed by atoms with E-state index in [2.05, 4.69) is 10.3 Å². The number of carbonyl (C=O) groups excluding carboxylic acids is 1. The number of hydrogen-bond acceptors (Lipinski definition) is 4. The first-order valence-electron chi connectivity index (χ1n) is 8.30. The van der Waals surface area contributed by atoms with E-state index in [4.69, 9.17) is 0 Å². The molecule has 1 aliphatic heterocycles. The summed E-state index contributed by atoms with van der Waals surface area (Å²) in [6.45, 7) is 0.269. The van der Waals surface area contributed by atoms with Gasteiger partial charge in [-0.05, 0) is 36.4 Å². The highest BCUT2D eigenvalue weighted by molar-refractivity contribution is 6.10. The third-order valence-electron chi connectivity index (χ3n) is 4.30. The Hall–Kier alpha value is -3.60. The Morgan fingerprint density at radius 3 is 2.46 bits per heavy atom. The number of aliphatic hydroxyl groups is 1. The van der Waals surface area contributed by atoms with E-state index in [1.807, 2.05) is 59.5 Å². The minimum atomic E-state index is -0.364. The molecule has 0 radical (unpaired) electrons. The molecular formula is C21H17N3O2. The van der Waals surface area contributed by atoms with Crippen molar-refractivity contribution in [1.29, 1.82) is 0 Å². The van der Waals surface area contributed by atoms with Gasteiger partial charge in [0.15, 0.2) is 0 Å². The minimum absolute atomic E-state index is 0.00112. The maximum atomic E-state index is 12.8. The fourth-order valence-electron chi connectivity index (χ4n) is 3.04. The summed E-state index contributed by atoms with van der Waals surface area (Å²) in [5.41, 5.74) is 2.76. The summed E-state index contributed by atoms with van der Waals surface area (Å²) in [6.07, 6.45) is 1.61. The summed E-state index contributed by atoms with van der Waals surface area (Å²) >= 11 is 0. The summed E-state index contributed by atoms with van der Waals surface area (Å²) in [5.74, 6) is 0.0840. The Labute approximate surface area is 151 Å². The van der Waals surface area contributed by atoms with Crippen molar-refractivity contribution < 1.29 is 9.90 Å². The smallest absolute Gasteiger partial charge is 0.258 e. The highest BCUT2D eigenvalue weighted by Gasteiger charge is 2.28. The number of anilines is 3. The number of rotatable bonds is 3. The van der Waals surface area contributed by atoms with Crippen molar-refractivity contribution in [2.24, 2.45) is 0 Å². The monoisotopic (exact) mass is 343 g/mol. The molecule has 128 valence electrons. The number of benzene rings is 2. The summed E-state index contributed by atoms with van der Waals surface area (Å²) in [6, 6.07) is 22.6. The van der Waals surface area contributed by atoms with Gasteiger partial charge >= 0.3 is 0 Å². The van der Waals surface area contributed by atoms with Gasteiger partial charge in [-0.25, -0.2) is 4.98 Å². The summed E-state index contributed by atoms with van der Waals surface area (Å²) in [5, 5.41) is 13.5. The van der Waals surface area contributed by atoms with Gasteiger partial charge in [0.05, 0.1) is 17.8 Å². The van der Waals surface area contributed by atoms with Crippen LogP contribution in [-0.4, -0.2) is 22.5 Å². The van der Waals surface area contributed by atoms with E-state index in [0.29, 0.717) is 17.0 Å². The third-order valence-corrected chi connectivity index (χ3v) is 4.30. The molecule has 0 saturated carbocycles. The first-order valence-corrected chi connectivity index (χ1v) is 8.30. The zero-order chi connectivity index (χ0) is 17.9. The van der Waals surface area contributed by atoms with Crippen LogP contribution in [0.2, 0.25) is 0 Å². The number of carbonyl (C=O) groups is 1. The maximum absolute atomic E-state index is 12.8. The van der Waals surface area contributed by atoms with Gasteiger partial charge in [-0.2, -0.15) is 0 Å². The molecular weight excluding hydrogens is 326 g/mol. The number of para-hydroxylation sites is 2. The molecule has 3 aromatic rings. The third kappa shape index (κ3) is 2.91. The highest BCUT2D eigenvalue weighted by Crippen LogP contribution is 2.37. The molecule has 0 unspecified atom stereocenters. The van der Waals surface area contributed by atoms with Crippen molar-refractivity contribution in [3.63, 3.8) is 0 Å². The second kappa shape index (κ2) is 6.72. The van der Waals surface area contributed by atoms with Crippen LogP contribution in [-0.2, 0) is 4.79 Å². The zero-order valence-electron chi connectivity index (χ0n) is 14.0. The molecule has 1 aromatic heterocycles. The number of nitrogens with one attached hydrogen (secondary N) is 1. The van der Waals surface area contributed by atoms with E-state index in [1.165, 1.54) is 0 Å². The predicted molar refractivity (Wildman–Crippen MR) is 102 cm³/mol. The number of nitrogens with zero attached hydrogens (tertiary/aromatic N) is 2. The molecule has 1 amide bonds. The molecule has 0 fully saturated rings. The van der Waals surface area contributed by atoms with Crippen LogP contribution in [0, 0.1) is 0 Å². The summed E-state index contributed by atoms with van der Waals surface area (Å²) in [7, 11) is 0. The van der Waals surface area contributed by atoms with Crippen molar-refractivity contribution in [3.05, 3.63) is 90.1 Å². The quantitative estimate of drug-likeness (QED) is 0.750. The van der Waals surface area contributed by atoms with E-state index < -0.39 is 0 Å². The number of pyridine rings is 1. The Morgan fingerprint density at radius 2 is 1.69 bits per heavy atom. The van der Waals surface area contributed by atoms with Gasteiger partial charge < -0.3 is 15.3 Å². The van der Waals surface area contributed by atoms with Crippen LogP contribution in [0.3, 0.4) is 0 Å². The van der Waals surface area contributed by atoms with Crippen LogP contribution in [0.25, 0.3) is 5.76 Å². The fraction of sp³-hybridized carbons (Fsp3) is 0.0476. The van der Waals surface area contributed by atoms with Crippen LogP contribution in [0.1, 0.15) is 5.56 Å². The number of amides is 1. The molecule has 2 N–H and O–H groups in total. The topological polar surface area (TPSA) is 65.5 Å². The molecule has 0 atom stereocenters. The van der Waals surface area contributed by atoms with Crippen LogP contribution in [0.4, 0.5) is 17.2 Å². The lowest BCUT2D eigenvalue weighted by molar-refractivity contribution is -0.112. The second-order valence-corrected chi connectivity index (χ2v) is 5.94. The molecule has 0 bridgehead atoms. The van der Waals surface area contributed by atoms with Crippen molar-refractivity contribution in [2.45, 2.75) is 0 Å². The molecule has 0 saturated heterocycles.